The second-order valence-corrected chi connectivity index (χ2v) is 4.18. The van der Waals surface area contributed by atoms with Gasteiger partial charge < -0.3 is 14.6 Å². The van der Waals surface area contributed by atoms with E-state index >= 15 is 0 Å². The van der Waals surface area contributed by atoms with E-state index in [9.17, 15) is 9.59 Å². The van der Waals surface area contributed by atoms with Crippen LogP contribution in [-0.2, 0) is 0 Å². The number of carboxylic acids is 2. The van der Waals surface area contributed by atoms with Gasteiger partial charge >= 0.3 is 11.9 Å². The first kappa shape index (κ1) is 13.1. The molecule has 7 heteroatoms. The molecule has 98 valence electrons. The van der Waals surface area contributed by atoms with Gasteiger partial charge in [-0.1, -0.05) is 11.6 Å². The first-order valence-electron chi connectivity index (χ1n) is 5.14. The summed E-state index contributed by atoms with van der Waals surface area (Å²) in [6.45, 7) is 1.75. The predicted octanol–water partition coefficient (Wildman–Crippen LogP) is 2.70. The molecule has 0 fully saturated rings. The van der Waals surface area contributed by atoms with Gasteiger partial charge in [0.05, 0.1) is 0 Å². The fourth-order valence-electron chi connectivity index (χ4n) is 1.51. The fourth-order valence-corrected chi connectivity index (χ4v) is 1.63. The molecule has 0 aliphatic heterocycles. The van der Waals surface area contributed by atoms with Crippen LogP contribution in [0.15, 0.2) is 22.6 Å². The van der Waals surface area contributed by atoms with Crippen molar-refractivity contribution in [2.24, 2.45) is 0 Å². The van der Waals surface area contributed by atoms with Crippen LogP contribution < -0.4 is 0 Å². The molecule has 0 saturated heterocycles. The lowest BCUT2D eigenvalue weighted by molar-refractivity contribution is 0.0624. The Bertz CT molecular complexity index is 645. The number of benzene rings is 1. The average Bonchev–Trinajstić information content (AvgIpc) is 2.78. The quantitative estimate of drug-likeness (QED) is 0.897. The molecular formula is C12H8ClNO5. The van der Waals surface area contributed by atoms with Gasteiger partial charge in [0, 0.05) is 10.6 Å². The summed E-state index contributed by atoms with van der Waals surface area (Å²) in [6, 6.07) is 4.79. The number of hydrogen-bond donors (Lipinski definition) is 2. The van der Waals surface area contributed by atoms with Gasteiger partial charge in [-0.3, -0.25) is 0 Å². The minimum absolute atomic E-state index is 0.0745. The van der Waals surface area contributed by atoms with E-state index in [1.807, 2.05) is 0 Å². The predicted molar refractivity (Wildman–Crippen MR) is 65.6 cm³/mol. The summed E-state index contributed by atoms with van der Waals surface area (Å²) < 4.78 is 4.98. The van der Waals surface area contributed by atoms with Gasteiger partial charge in [0.25, 0.3) is 0 Å². The van der Waals surface area contributed by atoms with Crippen LogP contribution in [0.4, 0.5) is 0 Å². The highest BCUT2D eigenvalue weighted by molar-refractivity contribution is 6.31. The molecule has 1 heterocycles. The van der Waals surface area contributed by atoms with E-state index in [1.54, 1.807) is 25.1 Å². The normalized spacial score (nSPS) is 10.4. The van der Waals surface area contributed by atoms with Crippen molar-refractivity contribution in [1.29, 1.82) is 0 Å². The van der Waals surface area contributed by atoms with E-state index in [4.69, 9.17) is 26.2 Å². The molecule has 0 atom stereocenters. The summed E-state index contributed by atoms with van der Waals surface area (Å²) >= 11 is 5.87. The number of carbonyl (C=O) groups is 2. The molecule has 1 aromatic carbocycles. The van der Waals surface area contributed by atoms with Crippen molar-refractivity contribution in [3.8, 4) is 11.5 Å². The second-order valence-electron chi connectivity index (χ2n) is 3.77. The summed E-state index contributed by atoms with van der Waals surface area (Å²) in [7, 11) is 0. The molecule has 6 nitrogen and oxygen atoms in total. The Balaban J connectivity index is 2.57. The third kappa shape index (κ3) is 2.43. The Morgan fingerprint density at radius 1 is 1.26 bits per heavy atom. The molecule has 0 radical (unpaired) electrons. The van der Waals surface area contributed by atoms with Gasteiger partial charge in [-0.2, -0.15) is 0 Å². The van der Waals surface area contributed by atoms with Gasteiger partial charge in [0.2, 0.25) is 17.3 Å². The summed E-state index contributed by atoms with van der Waals surface area (Å²) in [5.74, 6) is -3.72. The molecule has 0 aliphatic rings. The zero-order chi connectivity index (χ0) is 14.2. The number of rotatable bonds is 3. The molecule has 1 aromatic heterocycles. The van der Waals surface area contributed by atoms with Crippen LogP contribution in [-0.4, -0.2) is 27.1 Å². The minimum atomic E-state index is -1.48. The van der Waals surface area contributed by atoms with Crippen LogP contribution in [0.5, 0.6) is 0 Å². The molecule has 0 unspecified atom stereocenters. The first-order chi connectivity index (χ1) is 8.90. The van der Waals surface area contributed by atoms with Crippen molar-refractivity contribution in [3.63, 3.8) is 0 Å². The summed E-state index contributed by atoms with van der Waals surface area (Å²) in [4.78, 5) is 25.4. The van der Waals surface area contributed by atoms with E-state index in [0.717, 1.165) is 5.56 Å². The van der Waals surface area contributed by atoms with Crippen molar-refractivity contribution in [2.75, 3.05) is 0 Å². The SMILES string of the molecule is Cc1cc(-c2nc(C(=O)O)c(C(=O)O)o2)ccc1Cl. The highest BCUT2D eigenvalue weighted by Crippen LogP contribution is 2.26. The van der Waals surface area contributed by atoms with E-state index in [2.05, 4.69) is 4.98 Å². The standard InChI is InChI=1S/C12H8ClNO5/c1-5-4-6(2-3-7(5)13)10-14-8(11(15)16)9(19-10)12(17)18/h2-4H,1H3,(H,15,16)(H,17,18). The molecule has 19 heavy (non-hydrogen) atoms. The smallest absolute Gasteiger partial charge is 0.374 e. The van der Waals surface area contributed by atoms with Crippen LogP contribution in [0.1, 0.15) is 26.6 Å². The molecule has 0 saturated carbocycles. The lowest BCUT2D eigenvalue weighted by Crippen LogP contribution is -2.05. The van der Waals surface area contributed by atoms with Crippen LogP contribution in [0.25, 0.3) is 11.5 Å². The third-order valence-electron chi connectivity index (χ3n) is 2.43. The Labute approximate surface area is 112 Å². The highest BCUT2D eigenvalue weighted by Gasteiger charge is 2.25. The van der Waals surface area contributed by atoms with Crippen LogP contribution in [0.2, 0.25) is 5.02 Å². The molecule has 0 aliphatic carbocycles. The van der Waals surface area contributed by atoms with Crippen LogP contribution in [0.3, 0.4) is 0 Å². The van der Waals surface area contributed by atoms with Gasteiger partial charge in [-0.25, -0.2) is 14.6 Å². The minimum Gasteiger partial charge on any atom is -0.476 e. The molecule has 2 N–H and O–H groups in total. The summed E-state index contributed by atoms with van der Waals surface area (Å²) in [5, 5.41) is 18.3. The number of hydrogen-bond acceptors (Lipinski definition) is 4. The number of oxazole rings is 1. The Morgan fingerprint density at radius 2 is 1.95 bits per heavy atom. The number of aromatic carboxylic acids is 2. The molecular weight excluding hydrogens is 274 g/mol. The maximum Gasteiger partial charge on any atom is 0.374 e. The largest absolute Gasteiger partial charge is 0.476 e. The Morgan fingerprint density at radius 3 is 2.42 bits per heavy atom. The van der Waals surface area contributed by atoms with Crippen molar-refractivity contribution in [3.05, 3.63) is 40.2 Å². The van der Waals surface area contributed by atoms with Crippen LogP contribution in [0, 0.1) is 6.92 Å². The van der Waals surface area contributed by atoms with Crippen molar-refractivity contribution in [1.82, 2.24) is 4.98 Å². The molecule has 0 amide bonds. The molecule has 2 rings (SSSR count). The maximum absolute atomic E-state index is 10.9. The van der Waals surface area contributed by atoms with Gasteiger partial charge in [0.1, 0.15) is 0 Å². The van der Waals surface area contributed by atoms with Gasteiger partial charge in [0.15, 0.2) is 0 Å². The number of aromatic nitrogens is 1. The number of nitrogens with zero attached hydrogens (tertiary/aromatic N) is 1. The monoisotopic (exact) mass is 281 g/mol. The highest BCUT2D eigenvalue weighted by atomic mass is 35.5. The maximum atomic E-state index is 10.9. The zero-order valence-corrected chi connectivity index (χ0v) is 10.4. The second kappa shape index (κ2) is 4.74. The van der Waals surface area contributed by atoms with Crippen molar-refractivity contribution in [2.45, 2.75) is 6.92 Å². The summed E-state index contributed by atoms with van der Waals surface area (Å²) in [5.41, 5.74) is 0.568. The van der Waals surface area contributed by atoms with Gasteiger partial charge in [-0.05, 0) is 30.7 Å². The Kier molecular flexibility index (Phi) is 3.26. The lowest BCUT2D eigenvalue weighted by Gasteiger charge is -1.99. The number of aryl methyl sites for hydroxylation is 1. The zero-order valence-electron chi connectivity index (χ0n) is 9.68. The van der Waals surface area contributed by atoms with Crippen LogP contribution >= 0.6 is 11.6 Å². The number of halogens is 1. The first-order valence-corrected chi connectivity index (χ1v) is 5.52. The van der Waals surface area contributed by atoms with E-state index in [1.165, 1.54) is 0 Å². The topological polar surface area (TPSA) is 101 Å². The van der Waals surface area contributed by atoms with E-state index < -0.39 is 23.4 Å². The van der Waals surface area contributed by atoms with Crippen molar-refractivity contribution >= 4 is 23.5 Å². The molecule has 0 spiro atoms. The molecule has 2 aromatic rings. The number of carboxylic acid groups (broad SMARTS) is 2. The Hall–Kier alpha value is -2.34. The molecule has 0 bridgehead atoms. The van der Waals surface area contributed by atoms with Crippen molar-refractivity contribution < 1.29 is 24.2 Å². The van der Waals surface area contributed by atoms with Gasteiger partial charge in [-0.15, -0.1) is 0 Å². The van der Waals surface area contributed by atoms with E-state index in [0.29, 0.717) is 10.6 Å². The summed E-state index contributed by atoms with van der Waals surface area (Å²) in [6.07, 6.45) is 0. The average molecular weight is 282 g/mol. The van der Waals surface area contributed by atoms with E-state index in [-0.39, 0.29) is 5.89 Å². The lowest BCUT2D eigenvalue weighted by atomic mass is 10.1. The fraction of sp³-hybridized carbons (Fsp3) is 0.0833. The third-order valence-corrected chi connectivity index (χ3v) is 2.85.